The molecule has 2 unspecified atom stereocenters. The van der Waals surface area contributed by atoms with Gasteiger partial charge < -0.3 is 20.2 Å². The van der Waals surface area contributed by atoms with Crippen LogP contribution in [0.2, 0.25) is 0 Å². The molecule has 0 aromatic carbocycles. The van der Waals surface area contributed by atoms with Crippen LogP contribution in [0.15, 0.2) is 0 Å². The summed E-state index contributed by atoms with van der Waals surface area (Å²) in [5.41, 5.74) is -1.08. The predicted octanol–water partition coefficient (Wildman–Crippen LogP) is 14.5. The highest BCUT2D eigenvalue weighted by Gasteiger charge is 2.37. The quantitative estimate of drug-likeness (QED) is 0.0534. The highest BCUT2D eigenvalue weighted by Crippen LogP contribution is 2.39. The third-order valence-corrected chi connectivity index (χ3v) is 12.6. The van der Waals surface area contributed by atoms with E-state index in [-0.39, 0.29) is 6.61 Å². The molecule has 0 aliphatic rings. The van der Waals surface area contributed by atoms with E-state index in [0.717, 1.165) is 174 Å². The van der Waals surface area contributed by atoms with E-state index >= 15 is 0 Å². The molecule has 322 valence electrons. The molecule has 6 heteroatoms. The van der Waals surface area contributed by atoms with Crippen LogP contribution in [-0.2, 0) is 9.59 Å². The molecular weight excluding hydrogens is 671 g/mol. The highest BCUT2D eigenvalue weighted by atomic mass is 16.4. The number of carboxylic acid groups (broad SMARTS) is 2. The van der Waals surface area contributed by atoms with Crippen LogP contribution in [0.1, 0.15) is 259 Å². The Morgan fingerprint density at radius 2 is 0.574 bits per heavy atom. The summed E-state index contributed by atoms with van der Waals surface area (Å²) in [6.07, 6.45) is 39.3. The van der Waals surface area contributed by atoms with Gasteiger partial charge in [0.1, 0.15) is 0 Å². The maximum atomic E-state index is 12.7. The van der Waals surface area contributed by atoms with E-state index in [9.17, 15) is 24.9 Å². The minimum atomic E-state index is -0.555. The van der Waals surface area contributed by atoms with Crippen LogP contribution in [0.25, 0.3) is 0 Å². The smallest absolute Gasteiger partial charge is 0.309 e. The molecule has 0 rings (SSSR count). The molecule has 0 saturated heterocycles. The van der Waals surface area contributed by atoms with E-state index in [4.69, 9.17) is 0 Å². The van der Waals surface area contributed by atoms with E-state index in [1.165, 1.54) is 77.0 Å². The molecule has 54 heavy (non-hydrogen) atoms. The van der Waals surface area contributed by atoms with Crippen LogP contribution < -0.4 is 0 Å². The standard InChI is InChI=1S/C48H95NO5/c1-5-9-13-17-19-27-37-47(45(51)52,35-25-15-11-7-3)39-29-21-23-31-41-49(43-33-34-44-50)42-32-24-22-30-40-48(46(53)54,36-26-16-12-8-4)38-28-20-18-14-10-6-2/h50H,5-44H2,1-4H3,(H,51,52)(H,53,54). The summed E-state index contributed by atoms with van der Waals surface area (Å²) < 4.78 is 0. The van der Waals surface area contributed by atoms with Crippen molar-refractivity contribution in [2.45, 2.75) is 259 Å². The second-order valence-electron chi connectivity index (χ2n) is 17.4. The first-order valence-electron chi connectivity index (χ1n) is 24.1. The van der Waals surface area contributed by atoms with Crippen molar-refractivity contribution in [2.75, 3.05) is 26.2 Å². The Bertz CT molecular complexity index is 774. The van der Waals surface area contributed by atoms with Crippen LogP contribution in [-0.4, -0.2) is 58.4 Å². The second-order valence-corrected chi connectivity index (χ2v) is 17.4. The Morgan fingerprint density at radius 3 is 0.833 bits per heavy atom. The van der Waals surface area contributed by atoms with Crippen LogP contribution in [0, 0.1) is 10.8 Å². The number of aliphatic hydroxyl groups is 1. The molecule has 0 bridgehead atoms. The molecular formula is C48H95NO5. The van der Waals surface area contributed by atoms with Crippen LogP contribution >= 0.6 is 0 Å². The molecule has 6 nitrogen and oxygen atoms in total. The predicted molar refractivity (Wildman–Crippen MR) is 233 cm³/mol. The lowest BCUT2D eigenvalue weighted by Crippen LogP contribution is -2.31. The third-order valence-electron chi connectivity index (χ3n) is 12.6. The lowest BCUT2D eigenvalue weighted by molar-refractivity contribution is -0.151. The summed E-state index contributed by atoms with van der Waals surface area (Å²) in [5.74, 6) is -1.11. The molecule has 0 saturated carbocycles. The fraction of sp³-hybridized carbons (Fsp3) is 0.958. The molecule has 0 heterocycles. The van der Waals surface area contributed by atoms with Gasteiger partial charge in [-0.2, -0.15) is 0 Å². The van der Waals surface area contributed by atoms with Crippen molar-refractivity contribution in [2.24, 2.45) is 10.8 Å². The molecule has 3 N–H and O–H groups in total. The molecule has 0 amide bonds. The van der Waals surface area contributed by atoms with E-state index in [2.05, 4.69) is 32.6 Å². The van der Waals surface area contributed by atoms with Gasteiger partial charge in [0.15, 0.2) is 0 Å². The zero-order chi connectivity index (χ0) is 40.0. The van der Waals surface area contributed by atoms with Crippen LogP contribution in [0.5, 0.6) is 0 Å². The Balaban J connectivity index is 4.91. The third kappa shape index (κ3) is 27.5. The number of hydrogen-bond acceptors (Lipinski definition) is 4. The molecule has 2 atom stereocenters. The van der Waals surface area contributed by atoms with Gasteiger partial charge in [-0.15, -0.1) is 0 Å². The maximum absolute atomic E-state index is 12.7. The first-order valence-corrected chi connectivity index (χ1v) is 24.1. The fourth-order valence-corrected chi connectivity index (χ4v) is 8.75. The maximum Gasteiger partial charge on any atom is 0.309 e. The van der Waals surface area contributed by atoms with Crippen molar-refractivity contribution >= 4 is 11.9 Å². The van der Waals surface area contributed by atoms with Gasteiger partial charge in [-0.05, 0) is 83.8 Å². The monoisotopic (exact) mass is 766 g/mol. The summed E-state index contributed by atoms with van der Waals surface area (Å²) in [4.78, 5) is 28.0. The Morgan fingerprint density at radius 1 is 0.352 bits per heavy atom. The number of rotatable bonds is 44. The molecule has 0 spiro atoms. The normalized spacial score (nSPS) is 14.0. The van der Waals surface area contributed by atoms with Gasteiger partial charge in [-0.25, -0.2) is 0 Å². The van der Waals surface area contributed by atoms with Crippen LogP contribution in [0.4, 0.5) is 0 Å². The average molecular weight is 766 g/mol. The number of carboxylic acids is 2. The minimum absolute atomic E-state index is 0.249. The van der Waals surface area contributed by atoms with Crippen molar-refractivity contribution in [3.63, 3.8) is 0 Å². The van der Waals surface area contributed by atoms with Gasteiger partial charge in [0.25, 0.3) is 0 Å². The summed E-state index contributed by atoms with van der Waals surface area (Å²) in [5, 5.41) is 30.3. The highest BCUT2D eigenvalue weighted by molar-refractivity contribution is 5.75. The number of aliphatic carboxylic acids is 2. The van der Waals surface area contributed by atoms with Gasteiger partial charge in [0.2, 0.25) is 0 Å². The fourth-order valence-electron chi connectivity index (χ4n) is 8.75. The first kappa shape index (κ1) is 52.9. The summed E-state index contributed by atoms with van der Waals surface area (Å²) >= 11 is 0. The van der Waals surface area contributed by atoms with Crippen molar-refractivity contribution in [3.05, 3.63) is 0 Å². The van der Waals surface area contributed by atoms with E-state index in [1.54, 1.807) is 0 Å². The molecule has 0 radical (unpaired) electrons. The van der Waals surface area contributed by atoms with Crippen molar-refractivity contribution in [1.29, 1.82) is 0 Å². The second kappa shape index (κ2) is 37.4. The van der Waals surface area contributed by atoms with Crippen molar-refractivity contribution in [3.8, 4) is 0 Å². The van der Waals surface area contributed by atoms with Gasteiger partial charge in [0, 0.05) is 6.61 Å². The van der Waals surface area contributed by atoms with Crippen LogP contribution in [0.3, 0.4) is 0 Å². The number of carbonyl (C=O) groups is 2. The SMILES string of the molecule is CCCCCCCCC(CCCCCC)(CCCCCCN(CCCCO)CCCCCCC(CCCCCC)(CCCCCCCC)C(=O)O)C(=O)O. The van der Waals surface area contributed by atoms with Crippen molar-refractivity contribution < 1.29 is 24.9 Å². The Kier molecular flexibility index (Phi) is 36.6. The molecule has 0 aromatic heterocycles. The molecule has 0 fully saturated rings. The zero-order valence-electron chi connectivity index (χ0n) is 36.9. The van der Waals surface area contributed by atoms with E-state index < -0.39 is 22.8 Å². The first-order chi connectivity index (χ1) is 26.3. The van der Waals surface area contributed by atoms with Crippen molar-refractivity contribution in [1.82, 2.24) is 4.90 Å². The summed E-state index contributed by atoms with van der Waals surface area (Å²) in [6.45, 7) is 12.3. The largest absolute Gasteiger partial charge is 0.481 e. The summed E-state index contributed by atoms with van der Waals surface area (Å²) in [7, 11) is 0. The minimum Gasteiger partial charge on any atom is -0.481 e. The van der Waals surface area contributed by atoms with E-state index in [1.807, 2.05) is 0 Å². The average Bonchev–Trinajstić information content (AvgIpc) is 3.16. The van der Waals surface area contributed by atoms with Gasteiger partial charge in [-0.3, -0.25) is 9.59 Å². The van der Waals surface area contributed by atoms with E-state index in [0.29, 0.717) is 0 Å². The lowest BCUT2D eigenvalue weighted by atomic mass is 9.74. The molecule has 0 aliphatic heterocycles. The zero-order valence-corrected chi connectivity index (χ0v) is 36.9. The lowest BCUT2D eigenvalue weighted by Gasteiger charge is -2.30. The van der Waals surface area contributed by atoms with Gasteiger partial charge in [0.05, 0.1) is 10.8 Å². The van der Waals surface area contributed by atoms with Gasteiger partial charge in [-0.1, -0.05) is 195 Å². The number of aliphatic hydroxyl groups excluding tert-OH is 1. The molecule has 0 aliphatic carbocycles. The topological polar surface area (TPSA) is 98.1 Å². The van der Waals surface area contributed by atoms with Gasteiger partial charge >= 0.3 is 11.9 Å². The number of hydrogen-bond donors (Lipinski definition) is 3. The summed E-state index contributed by atoms with van der Waals surface area (Å²) in [6, 6.07) is 0. The Labute approximate surface area is 336 Å². The number of nitrogens with zero attached hydrogens (tertiary/aromatic N) is 1. The Hall–Kier alpha value is -1.14. The molecule has 0 aromatic rings. The number of unbranched alkanes of at least 4 members (excludes halogenated alkanes) is 23.